The molecule has 1 aromatic rings. The molecule has 1 aromatic carbocycles. The normalized spacial score (nSPS) is 16.9. The average Bonchev–Trinajstić information content (AvgIpc) is 2.38. The van der Waals surface area contributed by atoms with E-state index in [1.807, 2.05) is 0 Å². The van der Waals surface area contributed by atoms with E-state index in [-0.39, 0.29) is 24.8 Å². The van der Waals surface area contributed by atoms with Gasteiger partial charge in [-0.2, -0.15) is 0 Å². The number of nitrogens with zero attached hydrogens (tertiary/aromatic N) is 1. The van der Waals surface area contributed by atoms with Crippen LogP contribution in [0.2, 0.25) is 5.02 Å². The first kappa shape index (κ1) is 20.2. The van der Waals surface area contributed by atoms with Crippen molar-refractivity contribution in [1.82, 2.24) is 4.90 Å². The van der Waals surface area contributed by atoms with Crippen LogP contribution in [-0.2, 0) is 4.74 Å². The van der Waals surface area contributed by atoms with Gasteiger partial charge in [-0.25, -0.2) is 0 Å². The first-order valence-electron chi connectivity index (χ1n) is 6.34. The molecule has 0 atom stereocenters. The van der Waals surface area contributed by atoms with Gasteiger partial charge in [0.1, 0.15) is 24.4 Å². The van der Waals surface area contributed by atoms with Crippen LogP contribution in [0.5, 0.6) is 5.75 Å². The lowest BCUT2D eigenvalue weighted by Crippen LogP contribution is -2.39. The molecule has 1 heterocycles. The van der Waals surface area contributed by atoms with Gasteiger partial charge in [-0.1, -0.05) is 11.6 Å². The Labute approximate surface area is 143 Å². The van der Waals surface area contributed by atoms with E-state index in [9.17, 15) is 0 Å². The Hall–Kier alpha value is -0.810. The molecule has 21 heavy (non-hydrogen) atoms. The van der Waals surface area contributed by atoms with Gasteiger partial charge in [0.25, 0.3) is 0 Å². The van der Waals surface area contributed by atoms with Gasteiger partial charge in [0.05, 0.1) is 12.2 Å². The van der Waals surface area contributed by atoms with Gasteiger partial charge in [-0.05, 0) is 32.0 Å². The maximum Gasteiger partial charge on any atom is 0.149 e. The second-order valence-corrected chi connectivity index (χ2v) is 5.23. The van der Waals surface area contributed by atoms with Gasteiger partial charge >= 0.3 is 0 Å². The highest BCUT2D eigenvalue weighted by molar-refractivity contribution is 6.30. The molecule has 7 heteroatoms. The molecule has 0 saturated carbocycles. The lowest BCUT2D eigenvalue weighted by Gasteiger charge is -2.31. The molecule has 0 spiro atoms. The third-order valence-corrected chi connectivity index (χ3v) is 3.28. The average molecular weight is 356 g/mol. The van der Waals surface area contributed by atoms with Crippen LogP contribution in [0.3, 0.4) is 0 Å². The first-order valence-corrected chi connectivity index (χ1v) is 6.71. The summed E-state index contributed by atoms with van der Waals surface area (Å²) >= 11 is 5.84. The standard InChI is InChI=1S/C14H19ClN2O2.2ClH/c1-10(2)17-5-6-18-12(8-17)9-19-14-4-3-11(15)7-13(14)16;;/h3-4,7,9-10H,5-6,8,16H2,1-2H3;2*1H. The van der Waals surface area contributed by atoms with Crippen molar-refractivity contribution in [3.8, 4) is 5.75 Å². The number of ether oxygens (including phenoxy) is 2. The molecule has 0 radical (unpaired) electrons. The van der Waals surface area contributed by atoms with Crippen molar-refractivity contribution in [2.45, 2.75) is 19.9 Å². The van der Waals surface area contributed by atoms with Crippen molar-refractivity contribution in [3.05, 3.63) is 35.2 Å². The van der Waals surface area contributed by atoms with Crippen molar-refractivity contribution in [1.29, 1.82) is 0 Å². The fourth-order valence-corrected chi connectivity index (χ4v) is 2.07. The third-order valence-electron chi connectivity index (χ3n) is 3.04. The molecule has 1 fully saturated rings. The molecule has 2 rings (SSSR count). The number of nitrogen functional groups attached to an aromatic ring is 1. The summed E-state index contributed by atoms with van der Waals surface area (Å²) in [5.74, 6) is 1.40. The summed E-state index contributed by atoms with van der Waals surface area (Å²) in [6.07, 6.45) is 1.62. The monoisotopic (exact) mass is 354 g/mol. The summed E-state index contributed by atoms with van der Waals surface area (Å²) in [4.78, 5) is 2.32. The van der Waals surface area contributed by atoms with E-state index in [0.29, 0.717) is 29.1 Å². The van der Waals surface area contributed by atoms with E-state index >= 15 is 0 Å². The van der Waals surface area contributed by atoms with Crippen molar-refractivity contribution < 1.29 is 9.47 Å². The quantitative estimate of drug-likeness (QED) is 0.663. The zero-order valence-electron chi connectivity index (χ0n) is 12.0. The molecule has 1 aliphatic heterocycles. The SMILES string of the molecule is CC(C)N1CCOC(=COc2ccc(Cl)cc2N)C1.Cl.Cl. The minimum Gasteiger partial charge on any atom is -0.492 e. The lowest BCUT2D eigenvalue weighted by molar-refractivity contribution is 0.0710. The Balaban J connectivity index is 0.00000200. The Morgan fingerprint density at radius 3 is 2.71 bits per heavy atom. The van der Waals surface area contributed by atoms with Crippen LogP contribution in [-0.4, -0.2) is 30.6 Å². The fourth-order valence-electron chi connectivity index (χ4n) is 1.89. The van der Waals surface area contributed by atoms with Crippen molar-refractivity contribution in [2.24, 2.45) is 0 Å². The van der Waals surface area contributed by atoms with E-state index < -0.39 is 0 Å². The molecular weight excluding hydrogens is 335 g/mol. The molecular formula is C14H21Cl3N2O2. The predicted octanol–water partition coefficient (Wildman–Crippen LogP) is 3.73. The molecule has 1 saturated heterocycles. The Morgan fingerprint density at radius 2 is 2.10 bits per heavy atom. The maximum absolute atomic E-state index is 5.84. The number of benzene rings is 1. The van der Waals surface area contributed by atoms with Crippen LogP contribution in [0.25, 0.3) is 0 Å². The van der Waals surface area contributed by atoms with Crippen LogP contribution >= 0.6 is 36.4 Å². The van der Waals surface area contributed by atoms with Crippen LogP contribution in [0, 0.1) is 0 Å². The summed E-state index contributed by atoms with van der Waals surface area (Å²) in [7, 11) is 0. The summed E-state index contributed by atoms with van der Waals surface area (Å²) in [5, 5.41) is 0.595. The van der Waals surface area contributed by atoms with Crippen LogP contribution in [0.4, 0.5) is 5.69 Å². The van der Waals surface area contributed by atoms with Crippen LogP contribution < -0.4 is 10.5 Å². The summed E-state index contributed by atoms with van der Waals surface area (Å²) in [6, 6.07) is 5.65. The summed E-state index contributed by atoms with van der Waals surface area (Å²) in [6.45, 7) is 6.72. The van der Waals surface area contributed by atoms with Crippen molar-refractivity contribution in [2.75, 3.05) is 25.4 Å². The number of anilines is 1. The predicted molar refractivity (Wildman–Crippen MR) is 91.7 cm³/mol. The smallest absolute Gasteiger partial charge is 0.149 e. The Kier molecular flexibility index (Phi) is 8.90. The minimum absolute atomic E-state index is 0. The lowest BCUT2D eigenvalue weighted by atomic mass is 10.3. The van der Waals surface area contributed by atoms with Gasteiger partial charge in [-0.15, -0.1) is 24.8 Å². The number of hydrogen-bond acceptors (Lipinski definition) is 4. The van der Waals surface area contributed by atoms with Crippen molar-refractivity contribution in [3.63, 3.8) is 0 Å². The molecule has 2 N–H and O–H groups in total. The molecule has 0 aromatic heterocycles. The highest BCUT2D eigenvalue weighted by atomic mass is 35.5. The molecule has 0 aliphatic carbocycles. The number of halogens is 3. The van der Waals surface area contributed by atoms with E-state index in [1.54, 1.807) is 24.5 Å². The Bertz CT molecular complexity index is 481. The second-order valence-electron chi connectivity index (χ2n) is 4.80. The Morgan fingerprint density at radius 1 is 1.38 bits per heavy atom. The van der Waals surface area contributed by atoms with E-state index in [1.165, 1.54) is 0 Å². The van der Waals surface area contributed by atoms with Crippen LogP contribution in [0.15, 0.2) is 30.2 Å². The number of hydrogen-bond donors (Lipinski definition) is 1. The fraction of sp³-hybridized carbons (Fsp3) is 0.429. The topological polar surface area (TPSA) is 47.7 Å². The van der Waals surface area contributed by atoms with Gasteiger partial charge in [0.2, 0.25) is 0 Å². The van der Waals surface area contributed by atoms with Crippen LogP contribution in [0.1, 0.15) is 13.8 Å². The van der Waals surface area contributed by atoms with Crippen molar-refractivity contribution >= 4 is 42.1 Å². The van der Waals surface area contributed by atoms with E-state index in [0.717, 1.165) is 18.8 Å². The minimum atomic E-state index is 0. The first-order chi connectivity index (χ1) is 9.06. The largest absolute Gasteiger partial charge is 0.492 e. The third kappa shape index (κ3) is 5.83. The number of rotatable bonds is 3. The van der Waals surface area contributed by atoms with Gasteiger partial charge in [-0.3, -0.25) is 4.90 Å². The molecule has 4 nitrogen and oxygen atoms in total. The van der Waals surface area contributed by atoms with Gasteiger partial charge in [0.15, 0.2) is 0 Å². The highest BCUT2D eigenvalue weighted by Crippen LogP contribution is 2.25. The molecule has 0 amide bonds. The summed E-state index contributed by atoms with van der Waals surface area (Å²) < 4.78 is 11.1. The number of nitrogens with two attached hydrogens (primary N) is 1. The molecule has 1 aliphatic rings. The van der Waals surface area contributed by atoms with Gasteiger partial charge < -0.3 is 15.2 Å². The number of morpholine rings is 1. The van der Waals surface area contributed by atoms with Gasteiger partial charge in [0, 0.05) is 17.6 Å². The molecule has 0 bridgehead atoms. The van der Waals surface area contributed by atoms with E-state index in [4.69, 9.17) is 26.8 Å². The highest BCUT2D eigenvalue weighted by Gasteiger charge is 2.18. The van der Waals surface area contributed by atoms with E-state index in [2.05, 4.69) is 18.7 Å². The molecule has 120 valence electrons. The zero-order chi connectivity index (χ0) is 13.8. The summed E-state index contributed by atoms with van der Waals surface area (Å²) in [5.41, 5.74) is 6.34. The zero-order valence-corrected chi connectivity index (χ0v) is 14.4. The molecule has 0 unspecified atom stereocenters. The second kappa shape index (κ2) is 9.26. The maximum atomic E-state index is 5.84.